The summed E-state index contributed by atoms with van der Waals surface area (Å²) in [5, 5.41) is 3.88. The molecule has 0 spiro atoms. The van der Waals surface area contributed by atoms with E-state index in [0.29, 0.717) is 0 Å². The van der Waals surface area contributed by atoms with Crippen molar-refractivity contribution in [3.63, 3.8) is 0 Å². The van der Waals surface area contributed by atoms with Crippen molar-refractivity contribution in [3.05, 3.63) is 12.2 Å². The van der Waals surface area contributed by atoms with E-state index >= 15 is 0 Å². The highest BCUT2D eigenvalue weighted by molar-refractivity contribution is 5.10. The molecule has 3 rings (SSSR count). The Kier molecular flexibility index (Phi) is 3.30. The first-order valence-corrected chi connectivity index (χ1v) is 7.64. The zero-order valence-corrected chi connectivity index (χ0v) is 11.4. The van der Waals surface area contributed by atoms with Crippen LogP contribution in [0.25, 0.3) is 0 Å². The molecule has 0 aromatic rings. The summed E-state index contributed by atoms with van der Waals surface area (Å²) in [6.45, 7) is 6.12. The zero-order valence-electron chi connectivity index (χ0n) is 11.4. The molecule has 1 heteroatoms. The summed E-state index contributed by atoms with van der Waals surface area (Å²) >= 11 is 0. The molecule has 0 aromatic heterocycles. The molecule has 0 radical (unpaired) electrons. The minimum atomic E-state index is 0.800. The van der Waals surface area contributed by atoms with E-state index in [2.05, 4.69) is 31.3 Å². The third kappa shape index (κ3) is 2.45. The topological polar surface area (TPSA) is 12.0 Å². The van der Waals surface area contributed by atoms with Crippen LogP contribution in [0.2, 0.25) is 0 Å². The maximum Gasteiger partial charge on any atom is 0.00930 e. The Morgan fingerprint density at radius 2 is 1.94 bits per heavy atom. The van der Waals surface area contributed by atoms with E-state index in [1.54, 1.807) is 0 Å². The van der Waals surface area contributed by atoms with Crippen molar-refractivity contribution in [3.8, 4) is 0 Å². The van der Waals surface area contributed by atoms with Gasteiger partial charge in [0.2, 0.25) is 0 Å². The second-order valence-electron chi connectivity index (χ2n) is 6.95. The summed E-state index contributed by atoms with van der Waals surface area (Å²) in [4.78, 5) is 0. The Labute approximate surface area is 106 Å². The normalized spacial score (nSPS) is 48.8. The van der Waals surface area contributed by atoms with Gasteiger partial charge in [-0.05, 0) is 68.2 Å². The predicted molar refractivity (Wildman–Crippen MR) is 72.8 cm³/mol. The lowest BCUT2D eigenvalue weighted by atomic mass is 9.79. The molecule has 6 atom stereocenters. The second-order valence-corrected chi connectivity index (χ2v) is 6.95. The van der Waals surface area contributed by atoms with Gasteiger partial charge in [0.05, 0.1) is 0 Å². The Hall–Kier alpha value is -0.300. The number of fused-ring (bicyclic) bond motifs is 2. The summed E-state index contributed by atoms with van der Waals surface area (Å²) in [7, 11) is 0. The van der Waals surface area contributed by atoms with Crippen LogP contribution in [0.4, 0.5) is 0 Å². The summed E-state index contributed by atoms with van der Waals surface area (Å²) in [6.07, 6.45) is 12.1. The van der Waals surface area contributed by atoms with Gasteiger partial charge in [-0.2, -0.15) is 0 Å². The first-order chi connectivity index (χ1) is 8.22. The van der Waals surface area contributed by atoms with Crippen molar-refractivity contribution in [2.75, 3.05) is 6.54 Å². The number of allylic oxidation sites excluding steroid dienone is 2. The fourth-order valence-electron chi connectivity index (χ4n) is 4.40. The third-order valence-corrected chi connectivity index (χ3v) is 5.49. The molecule has 0 heterocycles. The highest BCUT2D eigenvalue weighted by Crippen LogP contribution is 2.43. The maximum absolute atomic E-state index is 3.88. The average Bonchev–Trinajstić information content (AvgIpc) is 2.89. The molecule has 96 valence electrons. The van der Waals surface area contributed by atoms with Crippen molar-refractivity contribution in [2.24, 2.45) is 29.6 Å². The Balaban J connectivity index is 1.47. The van der Waals surface area contributed by atoms with Crippen LogP contribution < -0.4 is 5.32 Å². The standard InChI is InChI=1S/C16H27N/c1-11-3-6-16(12(2)7-11)17-10-15-9-13-4-5-14(15)8-13/h4-5,11-17H,3,6-10H2,1-2H3. The molecule has 3 aliphatic rings. The van der Waals surface area contributed by atoms with Gasteiger partial charge in [0.15, 0.2) is 0 Å². The second kappa shape index (κ2) is 4.76. The largest absolute Gasteiger partial charge is 0.313 e. The van der Waals surface area contributed by atoms with Crippen LogP contribution in [-0.2, 0) is 0 Å². The van der Waals surface area contributed by atoms with E-state index in [9.17, 15) is 0 Å². The maximum atomic E-state index is 3.88. The molecule has 0 saturated heterocycles. The molecule has 0 aromatic carbocycles. The summed E-state index contributed by atoms with van der Waals surface area (Å²) < 4.78 is 0. The first-order valence-electron chi connectivity index (χ1n) is 7.64. The van der Waals surface area contributed by atoms with Gasteiger partial charge in [-0.25, -0.2) is 0 Å². The van der Waals surface area contributed by atoms with Gasteiger partial charge >= 0.3 is 0 Å². The fourth-order valence-corrected chi connectivity index (χ4v) is 4.40. The monoisotopic (exact) mass is 233 g/mol. The molecular formula is C16H27N. The number of nitrogens with one attached hydrogen (secondary N) is 1. The highest BCUT2D eigenvalue weighted by atomic mass is 14.9. The summed E-state index contributed by atoms with van der Waals surface area (Å²) in [5.41, 5.74) is 0. The van der Waals surface area contributed by atoms with Gasteiger partial charge in [0.1, 0.15) is 0 Å². The van der Waals surface area contributed by atoms with Crippen LogP contribution in [0.3, 0.4) is 0 Å². The molecule has 1 N–H and O–H groups in total. The van der Waals surface area contributed by atoms with Crippen molar-refractivity contribution in [1.82, 2.24) is 5.32 Å². The van der Waals surface area contributed by atoms with Gasteiger partial charge in [-0.3, -0.25) is 0 Å². The first kappa shape index (κ1) is 11.8. The Morgan fingerprint density at radius 1 is 1.06 bits per heavy atom. The van der Waals surface area contributed by atoms with Crippen LogP contribution in [0.5, 0.6) is 0 Å². The molecule has 2 saturated carbocycles. The van der Waals surface area contributed by atoms with E-state index in [1.165, 1.54) is 38.6 Å². The third-order valence-electron chi connectivity index (χ3n) is 5.49. The minimum Gasteiger partial charge on any atom is -0.313 e. The Bertz CT molecular complexity index is 296. The van der Waals surface area contributed by atoms with E-state index in [-0.39, 0.29) is 0 Å². The van der Waals surface area contributed by atoms with Crippen LogP contribution in [0.1, 0.15) is 46.0 Å². The van der Waals surface area contributed by atoms with Crippen molar-refractivity contribution >= 4 is 0 Å². The molecule has 1 nitrogen and oxygen atoms in total. The number of rotatable bonds is 3. The minimum absolute atomic E-state index is 0.800. The molecule has 17 heavy (non-hydrogen) atoms. The molecule has 2 fully saturated rings. The number of hydrogen-bond acceptors (Lipinski definition) is 1. The van der Waals surface area contributed by atoms with Gasteiger partial charge in [-0.15, -0.1) is 0 Å². The van der Waals surface area contributed by atoms with E-state index in [0.717, 1.165) is 35.6 Å². The van der Waals surface area contributed by atoms with Crippen molar-refractivity contribution < 1.29 is 0 Å². The van der Waals surface area contributed by atoms with E-state index in [4.69, 9.17) is 0 Å². The van der Waals surface area contributed by atoms with Crippen LogP contribution in [-0.4, -0.2) is 12.6 Å². The van der Waals surface area contributed by atoms with Crippen LogP contribution in [0.15, 0.2) is 12.2 Å². The number of hydrogen-bond donors (Lipinski definition) is 1. The van der Waals surface area contributed by atoms with E-state index in [1.807, 2.05) is 0 Å². The lowest BCUT2D eigenvalue weighted by molar-refractivity contribution is 0.217. The van der Waals surface area contributed by atoms with Gasteiger partial charge < -0.3 is 5.32 Å². The van der Waals surface area contributed by atoms with Crippen molar-refractivity contribution in [2.45, 2.75) is 52.0 Å². The summed E-state index contributed by atoms with van der Waals surface area (Å²) in [6, 6.07) is 0.800. The zero-order chi connectivity index (χ0) is 11.8. The summed E-state index contributed by atoms with van der Waals surface area (Å²) in [5.74, 6) is 4.61. The van der Waals surface area contributed by atoms with Gasteiger partial charge in [0, 0.05) is 6.04 Å². The smallest absolute Gasteiger partial charge is 0.00930 e. The molecule has 2 bridgehead atoms. The molecular weight excluding hydrogens is 206 g/mol. The van der Waals surface area contributed by atoms with Crippen LogP contribution >= 0.6 is 0 Å². The van der Waals surface area contributed by atoms with Crippen LogP contribution in [0, 0.1) is 29.6 Å². The van der Waals surface area contributed by atoms with Crippen molar-refractivity contribution in [1.29, 1.82) is 0 Å². The van der Waals surface area contributed by atoms with Gasteiger partial charge in [0.25, 0.3) is 0 Å². The Morgan fingerprint density at radius 3 is 2.59 bits per heavy atom. The van der Waals surface area contributed by atoms with Gasteiger partial charge in [-0.1, -0.05) is 26.0 Å². The average molecular weight is 233 g/mol. The molecule has 0 aliphatic heterocycles. The SMILES string of the molecule is CC1CCC(NCC2CC3C=CC2C3)C(C)C1. The molecule has 3 aliphatic carbocycles. The fraction of sp³-hybridized carbons (Fsp3) is 0.875. The lowest BCUT2D eigenvalue weighted by Crippen LogP contribution is -2.41. The molecule has 6 unspecified atom stereocenters. The predicted octanol–water partition coefficient (Wildman–Crippen LogP) is 3.61. The quantitative estimate of drug-likeness (QED) is 0.734. The van der Waals surface area contributed by atoms with E-state index < -0.39 is 0 Å². The lowest BCUT2D eigenvalue weighted by Gasteiger charge is -2.34. The molecule has 0 amide bonds. The highest BCUT2D eigenvalue weighted by Gasteiger charge is 2.36.